The lowest BCUT2D eigenvalue weighted by Crippen LogP contribution is -2.02. The van der Waals surface area contributed by atoms with Gasteiger partial charge < -0.3 is 5.11 Å². The van der Waals surface area contributed by atoms with E-state index in [0.717, 1.165) is 0 Å². The van der Waals surface area contributed by atoms with Crippen LogP contribution in [0.5, 0.6) is 0 Å². The molecule has 2 aromatic heterocycles. The van der Waals surface area contributed by atoms with E-state index < -0.39 is 5.97 Å². The largest absolute Gasteiger partial charge is 0.478 e. The minimum atomic E-state index is -1.06. The van der Waals surface area contributed by atoms with Crippen LogP contribution >= 0.6 is 11.6 Å². The molecule has 0 saturated heterocycles. The van der Waals surface area contributed by atoms with Crippen molar-refractivity contribution in [3.8, 4) is 0 Å². The number of nitrogens with zero attached hydrogens (tertiary/aromatic N) is 3. The second-order valence-electron chi connectivity index (χ2n) is 2.78. The highest BCUT2D eigenvalue weighted by Crippen LogP contribution is 2.18. The third-order valence-corrected chi connectivity index (χ3v) is 2.27. The molecule has 0 aromatic carbocycles. The van der Waals surface area contributed by atoms with Crippen molar-refractivity contribution in [1.82, 2.24) is 14.6 Å². The number of pyridine rings is 1. The lowest BCUT2D eigenvalue weighted by molar-refractivity contribution is 0.0696. The maximum absolute atomic E-state index is 10.8. The van der Waals surface area contributed by atoms with Crippen molar-refractivity contribution in [2.45, 2.75) is 6.92 Å². The molecular weight excluding hydrogens is 206 g/mol. The van der Waals surface area contributed by atoms with Gasteiger partial charge in [-0.15, -0.1) is 10.2 Å². The topological polar surface area (TPSA) is 67.5 Å². The molecule has 0 unspecified atom stereocenters. The van der Waals surface area contributed by atoms with Crippen LogP contribution in [0.4, 0.5) is 0 Å². The summed E-state index contributed by atoms with van der Waals surface area (Å²) in [5.41, 5.74) is 0.583. The second-order valence-corrected chi connectivity index (χ2v) is 3.14. The summed E-state index contributed by atoms with van der Waals surface area (Å²) >= 11 is 5.89. The van der Waals surface area contributed by atoms with E-state index in [1.165, 1.54) is 10.5 Å². The summed E-state index contributed by atoms with van der Waals surface area (Å²) in [6.45, 7) is 1.71. The lowest BCUT2D eigenvalue weighted by Gasteiger charge is -2.01. The van der Waals surface area contributed by atoms with Crippen LogP contribution in [0.25, 0.3) is 5.65 Å². The fourth-order valence-electron chi connectivity index (χ4n) is 1.24. The zero-order valence-electron chi connectivity index (χ0n) is 7.23. The van der Waals surface area contributed by atoms with Crippen molar-refractivity contribution in [1.29, 1.82) is 0 Å². The van der Waals surface area contributed by atoms with Gasteiger partial charge >= 0.3 is 5.97 Å². The standard InChI is InChI=1S/C8H6ClN3O2/c1-4-10-11-6-3-2-5(8(13)14)7(9)12(4)6/h2-3H,1H3,(H,13,14). The van der Waals surface area contributed by atoms with Crippen LogP contribution in [0, 0.1) is 6.92 Å². The van der Waals surface area contributed by atoms with Gasteiger partial charge in [0.25, 0.3) is 0 Å². The molecule has 14 heavy (non-hydrogen) atoms. The molecule has 72 valence electrons. The Bertz CT molecular complexity index is 521. The number of carboxylic acid groups (broad SMARTS) is 1. The van der Waals surface area contributed by atoms with Crippen molar-refractivity contribution in [2.24, 2.45) is 0 Å². The van der Waals surface area contributed by atoms with E-state index in [2.05, 4.69) is 10.2 Å². The lowest BCUT2D eigenvalue weighted by atomic mass is 10.3. The Labute approximate surface area is 83.9 Å². The van der Waals surface area contributed by atoms with Gasteiger partial charge in [0.1, 0.15) is 11.0 Å². The summed E-state index contributed by atoms with van der Waals surface area (Å²) in [6, 6.07) is 2.98. The summed E-state index contributed by atoms with van der Waals surface area (Å²) in [7, 11) is 0. The predicted molar refractivity (Wildman–Crippen MR) is 49.7 cm³/mol. The van der Waals surface area contributed by atoms with E-state index in [1.54, 1.807) is 13.0 Å². The highest BCUT2D eigenvalue weighted by molar-refractivity contribution is 6.32. The Balaban J connectivity index is 2.86. The molecule has 0 amide bonds. The molecule has 0 radical (unpaired) electrons. The summed E-state index contributed by atoms with van der Waals surface area (Å²) in [5, 5.41) is 16.5. The molecule has 2 heterocycles. The van der Waals surface area contributed by atoms with Gasteiger partial charge in [0.2, 0.25) is 0 Å². The molecule has 2 aromatic rings. The van der Waals surface area contributed by atoms with E-state index in [-0.39, 0.29) is 10.7 Å². The van der Waals surface area contributed by atoms with Crippen LogP contribution in [0.2, 0.25) is 5.15 Å². The third-order valence-electron chi connectivity index (χ3n) is 1.90. The van der Waals surface area contributed by atoms with Crippen LogP contribution < -0.4 is 0 Å². The maximum atomic E-state index is 10.8. The number of halogens is 1. The first kappa shape index (κ1) is 8.96. The van der Waals surface area contributed by atoms with Crippen LogP contribution in [0.1, 0.15) is 16.2 Å². The van der Waals surface area contributed by atoms with Crippen molar-refractivity contribution >= 4 is 23.2 Å². The molecule has 0 atom stereocenters. The van der Waals surface area contributed by atoms with Gasteiger partial charge in [-0.2, -0.15) is 0 Å². The van der Waals surface area contributed by atoms with E-state index in [9.17, 15) is 4.79 Å². The molecule has 0 aliphatic heterocycles. The average Bonchev–Trinajstić information content (AvgIpc) is 2.48. The molecule has 0 fully saturated rings. The smallest absolute Gasteiger partial charge is 0.338 e. The summed E-state index contributed by atoms with van der Waals surface area (Å²) in [4.78, 5) is 10.8. The number of carboxylic acids is 1. The van der Waals surface area contributed by atoms with E-state index >= 15 is 0 Å². The van der Waals surface area contributed by atoms with Crippen LogP contribution in [-0.2, 0) is 0 Å². The quantitative estimate of drug-likeness (QED) is 0.724. The highest BCUT2D eigenvalue weighted by Gasteiger charge is 2.13. The number of carbonyl (C=O) groups is 1. The fourth-order valence-corrected chi connectivity index (χ4v) is 1.59. The minimum Gasteiger partial charge on any atom is -0.478 e. The van der Waals surface area contributed by atoms with E-state index in [4.69, 9.17) is 16.7 Å². The van der Waals surface area contributed by atoms with E-state index in [0.29, 0.717) is 11.5 Å². The van der Waals surface area contributed by atoms with Crippen LogP contribution in [0.15, 0.2) is 12.1 Å². The molecule has 0 aliphatic rings. The van der Waals surface area contributed by atoms with Crippen LogP contribution in [0.3, 0.4) is 0 Å². The zero-order chi connectivity index (χ0) is 10.3. The Hall–Kier alpha value is -1.62. The highest BCUT2D eigenvalue weighted by atomic mass is 35.5. The van der Waals surface area contributed by atoms with E-state index in [1.807, 2.05) is 0 Å². The number of aryl methyl sites for hydroxylation is 1. The van der Waals surface area contributed by atoms with Gasteiger partial charge in [-0.05, 0) is 19.1 Å². The summed E-state index contributed by atoms with van der Waals surface area (Å²) in [5.74, 6) is -0.502. The van der Waals surface area contributed by atoms with Crippen molar-refractivity contribution < 1.29 is 9.90 Å². The van der Waals surface area contributed by atoms with Gasteiger partial charge in [0, 0.05) is 0 Å². The molecule has 1 N–H and O–H groups in total. The SMILES string of the molecule is Cc1nnc2ccc(C(=O)O)c(Cl)n12. The predicted octanol–water partition coefficient (Wildman–Crippen LogP) is 1.39. The van der Waals surface area contributed by atoms with Crippen LogP contribution in [-0.4, -0.2) is 25.7 Å². The maximum Gasteiger partial charge on any atom is 0.338 e. The molecule has 0 saturated carbocycles. The Morgan fingerprint density at radius 2 is 2.21 bits per heavy atom. The second kappa shape index (κ2) is 2.95. The minimum absolute atomic E-state index is 0.0436. The Kier molecular flexibility index (Phi) is 1.89. The molecule has 0 bridgehead atoms. The molecular formula is C8H6ClN3O2. The van der Waals surface area contributed by atoms with Gasteiger partial charge in [-0.1, -0.05) is 11.6 Å². The Morgan fingerprint density at radius 3 is 2.86 bits per heavy atom. The normalized spacial score (nSPS) is 10.7. The Morgan fingerprint density at radius 1 is 1.50 bits per heavy atom. The first-order valence-electron chi connectivity index (χ1n) is 3.85. The third kappa shape index (κ3) is 1.13. The first-order valence-corrected chi connectivity index (χ1v) is 4.22. The van der Waals surface area contributed by atoms with Crippen molar-refractivity contribution in [2.75, 3.05) is 0 Å². The summed E-state index contributed by atoms with van der Waals surface area (Å²) in [6.07, 6.45) is 0. The first-order chi connectivity index (χ1) is 6.61. The van der Waals surface area contributed by atoms with Gasteiger partial charge in [-0.3, -0.25) is 4.40 Å². The number of fused-ring (bicyclic) bond motifs is 1. The number of rotatable bonds is 1. The molecule has 0 spiro atoms. The number of aromatic carboxylic acids is 1. The van der Waals surface area contributed by atoms with Gasteiger partial charge in [0.15, 0.2) is 5.65 Å². The van der Waals surface area contributed by atoms with Crippen molar-refractivity contribution in [3.63, 3.8) is 0 Å². The monoisotopic (exact) mass is 211 g/mol. The molecule has 2 rings (SSSR count). The zero-order valence-corrected chi connectivity index (χ0v) is 7.99. The number of hydrogen-bond acceptors (Lipinski definition) is 3. The molecule has 0 aliphatic carbocycles. The summed E-state index contributed by atoms with van der Waals surface area (Å²) < 4.78 is 1.49. The van der Waals surface area contributed by atoms with Gasteiger partial charge in [0.05, 0.1) is 5.56 Å². The number of hydrogen-bond donors (Lipinski definition) is 1. The molecule has 5 nitrogen and oxygen atoms in total. The molecule has 6 heteroatoms. The average molecular weight is 212 g/mol. The van der Waals surface area contributed by atoms with Crippen molar-refractivity contribution in [3.05, 3.63) is 28.7 Å². The fraction of sp³-hybridized carbons (Fsp3) is 0.125. The van der Waals surface area contributed by atoms with Gasteiger partial charge in [-0.25, -0.2) is 4.79 Å². The number of aromatic nitrogens is 3.